The van der Waals surface area contributed by atoms with Crippen molar-refractivity contribution >= 4 is 5.91 Å². The molecule has 0 bridgehead atoms. The number of hydrogen-bond donors (Lipinski definition) is 2. The molecule has 1 amide bonds. The molecule has 1 saturated carbocycles. The van der Waals surface area contributed by atoms with Gasteiger partial charge in [0, 0.05) is 25.0 Å². The summed E-state index contributed by atoms with van der Waals surface area (Å²) in [6.45, 7) is 5.42. The summed E-state index contributed by atoms with van der Waals surface area (Å²) >= 11 is 0. The normalized spacial score (nSPS) is 22.1. The Morgan fingerprint density at radius 2 is 1.89 bits per heavy atom. The van der Waals surface area contributed by atoms with E-state index >= 15 is 0 Å². The highest BCUT2D eigenvalue weighted by Gasteiger charge is 2.29. The maximum atomic E-state index is 11.4. The molecule has 1 fully saturated rings. The standard InChI is InChI=1S/C16H24N2O/c1-12(2)16(19)18-9-8-17-15-10-14(11-15)13-6-4-3-5-7-13/h3-7,12,14-15,17H,8-11H2,1-2H3,(H,18,19). The lowest BCUT2D eigenvalue weighted by molar-refractivity contribution is -0.123. The SMILES string of the molecule is CC(C)C(=O)NCCNC1CC(c2ccccc2)C1. The van der Waals surface area contributed by atoms with Gasteiger partial charge >= 0.3 is 0 Å². The molecule has 3 nitrogen and oxygen atoms in total. The Bertz CT molecular complexity index is 396. The molecule has 104 valence electrons. The molecule has 19 heavy (non-hydrogen) atoms. The molecule has 1 aromatic rings. The van der Waals surface area contributed by atoms with Crippen molar-refractivity contribution in [1.82, 2.24) is 10.6 Å². The van der Waals surface area contributed by atoms with E-state index in [2.05, 4.69) is 41.0 Å². The van der Waals surface area contributed by atoms with Gasteiger partial charge in [-0.15, -0.1) is 0 Å². The van der Waals surface area contributed by atoms with E-state index in [0.29, 0.717) is 12.0 Å². The third-order valence-electron chi connectivity index (χ3n) is 3.79. The fourth-order valence-corrected chi connectivity index (χ4v) is 2.45. The number of benzene rings is 1. The maximum absolute atomic E-state index is 11.4. The first-order valence-electron chi connectivity index (χ1n) is 7.23. The maximum Gasteiger partial charge on any atom is 0.222 e. The van der Waals surface area contributed by atoms with Gasteiger partial charge in [-0.3, -0.25) is 4.79 Å². The van der Waals surface area contributed by atoms with Crippen LogP contribution in [0.1, 0.15) is 38.2 Å². The topological polar surface area (TPSA) is 41.1 Å². The summed E-state index contributed by atoms with van der Waals surface area (Å²) in [4.78, 5) is 11.4. The lowest BCUT2D eigenvalue weighted by Gasteiger charge is -2.36. The molecular formula is C16H24N2O. The van der Waals surface area contributed by atoms with E-state index in [1.54, 1.807) is 0 Å². The van der Waals surface area contributed by atoms with Gasteiger partial charge in [0.2, 0.25) is 5.91 Å². The van der Waals surface area contributed by atoms with E-state index in [4.69, 9.17) is 0 Å². The Morgan fingerprint density at radius 1 is 1.21 bits per heavy atom. The molecule has 3 heteroatoms. The highest BCUT2D eigenvalue weighted by molar-refractivity contribution is 5.77. The molecular weight excluding hydrogens is 236 g/mol. The predicted molar refractivity (Wildman–Crippen MR) is 78.1 cm³/mol. The fraction of sp³-hybridized carbons (Fsp3) is 0.562. The molecule has 0 radical (unpaired) electrons. The Hall–Kier alpha value is -1.35. The second-order valence-corrected chi connectivity index (χ2v) is 5.68. The van der Waals surface area contributed by atoms with Crippen LogP contribution in [-0.4, -0.2) is 25.0 Å². The monoisotopic (exact) mass is 260 g/mol. The van der Waals surface area contributed by atoms with Crippen molar-refractivity contribution in [1.29, 1.82) is 0 Å². The van der Waals surface area contributed by atoms with Gasteiger partial charge in [0.1, 0.15) is 0 Å². The number of nitrogens with one attached hydrogen (secondary N) is 2. The molecule has 0 saturated heterocycles. The number of carbonyl (C=O) groups excluding carboxylic acids is 1. The van der Waals surface area contributed by atoms with Gasteiger partial charge in [-0.2, -0.15) is 0 Å². The first-order chi connectivity index (χ1) is 9.16. The number of hydrogen-bond acceptors (Lipinski definition) is 2. The van der Waals surface area contributed by atoms with Crippen LogP contribution in [-0.2, 0) is 4.79 Å². The zero-order valence-corrected chi connectivity index (χ0v) is 11.9. The lowest BCUT2D eigenvalue weighted by Crippen LogP contribution is -2.43. The van der Waals surface area contributed by atoms with Crippen molar-refractivity contribution in [2.24, 2.45) is 5.92 Å². The van der Waals surface area contributed by atoms with E-state index in [1.165, 1.54) is 18.4 Å². The zero-order chi connectivity index (χ0) is 13.7. The quantitative estimate of drug-likeness (QED) is 0.771. The Kier molecular flexibility index (Phi) is 4.97. The van der Waals surface area contributed by atoms with E-state index in [1.807, 2.05) is 13.8 Å². The molecule has 2 rings (SSSR count). The third-order valence-corrected chi connectivity index (χ3v) is 3.79. The molecule has 1 aromatic carbocycles. The largest absolute Gasteiger partial charge is 0.355 e. The van der Waals surface area contributed by atoms with Crippen LogP contribution in [0.2, 0.25) is 0 Å². The minimum atomic E-state index is 0.0752. The first kappa shape index (κ1) is 14.1. The number of carbonyl (C=O) groups is 1. The zero-order valence-electron chi connectivity index (χ0n) is 11.9. The van der Waals surface area contributed by atoms with Crippen LogP contribution in [0.5, 0.6) is 0 Å². The molecule has 1 aliphatic rings. The van der Waals surface area contributed by atoms with Crippen molar-refractivity contribution in [3.63, 3.8) is 0 Å². The highest BCUT2D eigenvalue weighted by Crippen LogP contribution is 2.36. The van der Waals surface area contributed by atoms with E-state index in [0.717, 1.165) is 13.1 Å². The molecule has 2 N–H and O–H groups in total. The van der Waals surface area contributed by atoms with Crippen molar-refractivity contribution in [2.45, 2.75) is 38.6 Å². The van der Waals surface area contributed by atoms with Gasteiger partial charge < -0.3 is 10.6 Å². The summed E-state index contributed by atoms with van der Waals surface area (Å²) in [5.41, 5.74) is 1.45. The van der Waals surface area contributed by atoms with Crippen LogP contribution < -0.4 is 10.6 Å². The minimum absolute atomic E-state index is 0.0752. The Morgan fingerprint density at radius 3 is 2.53 bits per heavy atom. The summed E-state index contributed by atoms with van der Waals surface area (Å²) in [5, 5.41) is 6.43. The summed E-state index contributed by atoms with van der Waals surface area (Å²) in [5.74, 6) is 0.924. The van der Waals surface area contributed by atoms with Crippen molar-refractivity contribution in [3.8, 4) is 0 Å². The van der Waals surface area contributed by atoms with E-state index in [-0.39, 0.29) is 11.8 Å². The van der Waals surface area contributed by atoms with Gasteiger partial charge in [0.05, 0.1) is 0 Å². The van der Waals surface area contributed by atoms with Crippen LogP contribution in [0.15, 0.2) is 30.3 Å². The van der Waals surface area contributed by atoms with Crippen molar-refractivity contribution in [3.05, 3.63) is 35.9 Å². The van der Waals surface area contributed by atoms with Crippen LogP contribution in [0.25, 0.3) is 0 Å². The van der Waals surface area contributed by atoms with Gasteiger partial charge in [0.15, 0.2) is 0 Å². The van der Waals surface area contributed by atoms with E-state index in [9.17, 15) is 4.79 Å². The second kappa shape index (κ2) is 6.71. The number of rotatable bonds is 6. The molecule has 0 heterocycles. The highest BCUT2D eigenvalue weighted by atomic mass is 16.1. The lowest BCUT2D eigenvalue weighted by atomic mass is 9.76. The van der Waals surface area contributed by atoms with Gasteiger partial charge in [-0.25, -0.2) is 0 Å². The Labute approximate surface area is 115 Å². The van der Waals surface area contributed by atoms with Gasteiger partial charge in [-0.05, 0) is 24.3 Å². The minimum Gasteiger partial charge on any atom is -0.355 e. The Balaban J connectivity index is 1.57. The average Bonchev–Trinajstić information content (AvgIpc) is 2.37. The van der Waals surface area contributed by atoms with Crippen molar-refractivity contribution < 1.29 is 4.79 Å². The molecule has 0 aromatic heterocycles. The van der Waals surface area contributed by atoms with Crippen molar-refractivity contribution in [2.75, 3.05) is 13.1 Å². The van der Waals surface area contributed by atoms with Crippen LogP contribution in [0.4, 0.5) is 0 Å². The summed E-state index contributed by atoms with van der Waals surface area (Å²) in [6.07, 6.45) is 2.42. The van der Waals surface area contributed by atoms with Crippen LogP contribution in [0.3, 0.4) is 0 Å². The molecule has 0 atom stereocenters. The van der Waals surface area contributed by atoms with E-state index < -0.39 is 0 Å². The molecule has 0 spiro atoms. The summed E-state index contributed by atoms with van der Waals surface area (Å²) < 4.78 is 0. The van der Waals surface area contributed by atoms with Gasteiger partial charge in [-0.1, -0.05) is 44.2 Å². The fourth-order valence-electron chi connectivity index (χ4n) is 2.45. The summed E-state index contributed by atoms with van der Waals surface area (Å²) in [6, 6.07) is 11.3. The van der Waals surface area contributed by atoms with Crippen LogP contribution >= 0.6 is 0 Å². The third kappa shape index (κ3) is 4.06. The molecule has 1 aliphatic carbocycles. The van der Waals surface area contributed by atoms with Gasteiger partial charge in [0.25, 0.3) is 0 Å². The first-order valence-corrected chi connectivity index (χ1v) is 7.23. The van der Waals surface area contributed by atoms with Crippen LogP contribution in [0, 0.1) is 5.92 Å². The summed E-state index contributed by atoms with van der Waals surface area (Å²) in [7, 11) is 0. The second-order valence-electron chi connectivity index (χ2n) is 5.68. The average molecular weight is 260 g/mol. The smallest absolute Gasteiger partial charge is 0.222 e. The molecule has 0 unspecified atom stereocenters. The number of amides is 1. The predicted octanol–water partition coefficient (Wildman–Crippen LogP) is 2.29. The molecule has 0 aliphatic heterocycles.